The van der Waals surface area contributed by atoms with E-state index in [2.05, 4.69) is 51.7 Å². The summed E-state index contributed by atoms with van der Waals surface area (Å²) < 4.78 is 5.63. The molecule has 0 bridgehead atoms. The smallest absolute Gasteiger partial charge is 0.170 e. The van der Waals surface area contributed by atoms with E-state index in [1.165, 1.54) is 24.8 Å². The number of anilines is 2. The highest BCUT2D eigenvalue weighted by molar-refractivity contribution is 7.80. The first-order valence-electron chi connectivity index (χ1n) is 11.2. The van der Waals surface area contributed by atoms with Crippen molar-refractivity contribution in [2.45, 2.75) is 50.5 Å². The molecule has 2 fully saturated rings. The van der Waals surface area contributed by atoms with Gasteiger partial charge in [0.15, 0.2) is 5.11 Å². The molecule has 5 nitrogen and oxygen atoms in total. The fourth-order valence-electron chi connectivity index (χ4n) is 4.63. The molecule has 0 saturated carbocycles. The summed E-state index contributed by atoms with van der Waals surface area (Å²) in [4.78, 5) is 7.07. The summed E-state index contributed by atoms with van der Waals surface area (Å²) >= 11 is 11.7. The highest BCUT2D eigenvalue weighted by Crippen LogP contribution is 2.35. The summed E-state index contributed by atoms with van der Waals surface area (Å²) in [5.41, 5.74) is 2.16. The molecule has 1 aromatic carbocycles. The first-order valence-corrected chi connectivity index (χ1v) is 12.0. The molecule has 7 heteroatoms. The van der Waals surface area contributed by atoms with E-state index in [0.29, 0.717) is 11.2 Å². The molecule has 0 unspecified atom stereocenters. The average Bonchev–Trinajstić information content (AvgIpc) is 2.80. The largest absolute Gasteiger partial charge is 0.381 e. The van der Waals surface area contributed by atoms with E-state index in [9.17, 15) is 0 Å². The molecule has 1 aromatic heterocycles. The maximum Gasteiger partial charge on any atom is 0.170 e. The van der Waals surface area contributed by atoms with Crippen LogP contribution in [-0.4, -0.2) is 42.4 Å². The molecule has 0 spiro atoms. The number of thiocarbonyl (C=S) groups is 1. The van der Waals surface area contributed by atoms with Gasteiger partial charge in [0.05, 0.1) is 11.9 Å². The van der Waals surface area contributed by atoms with E-state index in [1.54, 1.807) is 0 Å². The maximum atomic E-state index is 6.10. The van der Waals surface area contributed by atoms with Crippen molar-refractivity contribution in [2.75, 3.05) is 36.5 Å². The zero-order chi connectivity index (χ0) is 21.7. The predicted octanol–water partition coefficient (Wildman–Crippen LogP) is 5.15. The Balaban J connectivity index is 1.37. The lowest BCUT2D eigenvalue weighted by Crippen LogP contribution is -2.45. The molecule has 2 aliphatic heterocycles. The van der Waals surface area contributed by atoms with Crippen LogP contribution in [0.5, 0.6) is 0 Å². The van der Waals surface area contributed by atoms with Gasteiger partial charge in [0.2, 0.25) is 0 Å². The Morgan fingerprint density at radius 2 is 1.97 bits per heavy atom. The normalized spacial score (nSPS) is 20.8. The van der Waals surface area contributed by atoms with E-state index in [0.717, 1.165) is 55.7 Å². The van der Waals surface area contributed by atoms with Gasteiger partial charge in [-0.25, -0.2) is 4.98 Å². The molecule has 2 saturated heterocycles. The molecule has 0 aliphatic carbocycles. The number of hydrogen-bond donors (Lipinski definition) is 2. The number of hydrogen-bond acceptors (Lipinski definition) is 4. The number of ether oxygens (including phenoxy) is 1. The van der Waals surface area contributed by atoms with Gasteiger partial charge in [-0.05, 0) is 81.1 Å². The van der Waals surface area contributed by atoms with Gasteiger partial charge >= 0.3 is 0 Å². The summed E-state index contributed by atoms with van der Waals surface area (Å²) in [6, 6.07) is 12.8. The van der Waals surface area contributed by atoms with Crippen molar-refractivity contribution in [1.82, 2.24) is 10.3 Å². The fraction of sp³-hybridized carbons (Fsp3) is 0.500. The van der Waals surface area contributed by atoms with Crippen LogP contribution in [0, 0.1) is 0 Å². The van der Waals surface area contributed by atoms with Gasteiger partial charge in [-0.1, -0.05) is 23.7 Å². The standard InChI is InChI=1S/C24H31ClN4OS/c1-18-4-2-3-13-29(18)22-10-9-21(16-26-22)28-23(31)27-17-24(11-14-30-15-12-24)19-5-7-20(25)8-6-19/h5-10,16,18H,2-4,11-15,17H2,1H3,(H2,27,28,31)/t18-/m1/s1. The quantitative estimate of drug-likeness (QED) is 0.604. The van der Waals surface area contributed by atoms with Gasteiger partial charge in [-0.3, -0.25) is 0 Å². The Labute approximate surface area is 195 Å². The number of nitrogens with zero attached hydrogens (tertiary/aromatic N) is 2. The number of benzene rings is 1. The van der Waals surface area contributed by atoms with Crippen molar-refractivity contribution in [2.24, 2.45) is 0 Å². The van der Waals surface area contributed by atoms with Crippen molar-refractivity contribution >= 4 is 40.4 Å². The summed E-state index contributed by atoms with van der Waals surface area (Å²) in [7, 11) is 0. The highest BCUT2D eigenvalue weighted by atomic mass is 35.5. The first kappa shape index (κ1) is 22.3. The van der Waals surface area contributed by atoms with Crippen LogP contribution in [0.25, 0.3) is 0 Å². The minimum Gasteiger partial charge on any atom is -0.381 e. The maximum absolute atomic E-state index is 6.10. The van der Waals surface area contributed by atoms with Crippen molar-refractivity contribution in [3.8, 4) is 0 Å². The van der Waals surface area contributed by atoms with Crippen LogP contribution in [0.15, 0.2) is 42.6 Å². The molecule has 2 aliphatic rings. The lowest BCUT2D eigenvalue weighted by atomic mass is 9.74. The first-order chi connectivity index (χ1) is 15.1. The number of rotatable bonds is 5. The van der Waals surface area contributed by atoms with Crippen LogP contribution in [-0.2, 0) is 10.2 Å². The Morgan fingerprint density at radius 1 is 1.19 bits per heavy atom. The van der Waals surface area contributed by atoms with Gasteiger partial charge < -0.3 is 20.3 Å². The number of pyridine rings is 1. The van der Waals surface area contributed by atoms with Crippen molar-refractivity contribution in [3.63, 3.8) is 0 Å². The molecule has 31 heavy (non-hydrogen) atoms. The van der Waals surface area contributed by atoms with Gasteiger partial charge in [-0.2, -0.15) is 0 Å². The van der Waals surface area contributed by atoms with Gasteiger partial charge in [0.25, 0.3) is 0 Å². The third kappa shape index (κ3) is 5.48. The van der Waals surface area contributed by atoms with Crippen LogP contribution in [0.2, 0.25) is 5.02 Å². The fourth-order valence-corrected chi connectivity index (χ4v) is 4.94. The SMILES string of the molecule is C[C@@H]1CCCCN1c1ccc(NC(=S)NCC2(c3ccc(Cl)cc3)CCOCC2)cn1. The van der Waals surface area contributed by atoms with E-state index >= 15 is 0 Å². The lowest BCUT2D eigenvalue weighted by molar-refractivity contribution is 0.0515. The monoisotopic (exact) mass is 458 g/mol. The summed E-state index contributed by atoms with van der Waals surface area (Å²) in [5, 5.41) is 8.09. The molecule has 2 N–H and O–H groups in total. The molecular formula is C24H31ClN4OS. The second kappa shape index (κ2) is 10.2. The van der Waals surface area contributed by atoms with Crippen molar-refractivity contribution in [1.29, 1.82) is 0 Å². The van der Waals surface area contributed by atoms with Crippen LogP contribution >= 0.6 is 23.8 Å². The minimum atomic E-state index is -0.0128. The molecule has 166 valence electrons. The van der Waals surface area contributed by atoms with Gasteiger partial charge in [0, 0.05) is 42.8 Å². The molecule has 1 atom stereocenters. The summed E-state index contributed by atoms with van der Waals surface area (Å²) in [6.45, 7) is 5.62. The number of piperidine rings is 1. The molecule has 0 radical (unpaired) electrons. The molecule has 2 aromatic rings. The second-order valence-electron chi connectivity index (χ2n) is 8.65. The number of halogens is 1. The molecule has 0 amide bonds. The Bertz CT molecular complexity index is 868. The highest BCUT2D eigenvalue weighted by Gasteiger charge is 2.34. The molecule has 3 heterocycles. The molecular weight excluding hydrogens is 428 g/mol. The minimum absolute atomic E-state index is 0.0128. The number of nitrogens with one attached hydrogen (secondary N) is 2. The van der Waals surface area contributed by atoms with E-state index in [4.69, 9.17) is 28.6 Å². The second-order valence-corrected chi connectivity index (χ2v) is 9.50. The summed E-state index contributed by atoms with van der Waals surface area (Å²) in [5.74, 6) is 1.04. The number of aromatic nitrogens is 1. The molecule has 4 rings (SSSR count). The predicted molar refractivity (Wildman–Crippen MR) is 132 cm³/mol. The van der Waals surface area contributed by atoms with E-state index in [-0.39, 0.29) is 5.41 Å². The van der Waals surface area contributed by atoms with E-state index in [1.807, 2.05) is 18.3 Å². The van der Waals surface area contributed by atoms with Crippen LogP contribution in [0.3, 0.4) is 0 Å². The lowest BCUT2D eigenvalue weighted by Gasteiger charge is -2.38. The summed E-state index contributed by atoms with van der Waals surface area (Å²) in [6.07, 6.45) is 7.55. The third-order valence-electron chi connectivity index (χ3n) is 6.60. The Hall–Kier alpha value is -1.89. The zero-order valence-corrected chi connectivity index (χ0v) is 19.6. The van der Waals surface area contributed by atoms with Crippen molar-refractivity contribution < 1.29 is 4.74 Å². The topological polar surface area (TPSA) is 49.4 Å². The van der Waals surface area contributed by atoms with E-state index < -0.39 is 0 Å². The average molecular weight is 459 g/mol. The Morgan fingerprint density at radius 3 is 2.65 bits per heavy atom. The van der Waals surface area contributed by atoms with Crippen LogP contribution in [0.1, 0.15) is 44.6 Å². The van der Waals surface area contributed by atoms with Crippen molar-refractivity contribution in [3.05, 3.63) is 53.2 Å². The van der Waals surface area contributed by atoms with Crippen LogP contribution < -0.4 is 15.5 Å². The zero-order valence-electron chi connectivity index (χ0n) is 18.1. The van der Waals surface area contributed by atoms with Gasteiger partial charge in [0.1, 0.15) is 5.82 Å². The third-order valence-corrected chi connectivity index (χ3v) is 7.10. The Kier molecular flexibility index (Phi) is 7.31. The van der Waals surface area contributed by atoms with Gasteiger partial charge in [-0.15, -0.1) is 0 Å². The van der Waals surface area contributed by atoms with Crippen LogP contribution in [0.4, 0.5) is 11.5 Å².